The molecule has 0 saturated heterocycles. The third-order valence-electron chi connectivity index (χ3n) is 4.79. The predicted octanol–water partition coefficient (Wildman–Crippen LogP) is 3.40. The van der Waals surface area contributed by atoms with Crippen molar-refractivity contribution in [3.8, 4) is 11.5 Å². The quantitative estimate of drug-likeness (QED) is 0.278. The van der Waals surface area contributed by atoms with Crippen LogP contribution in [-0.2, 0) is 0 Å². The van der Waals surface area contributed by atoms with Gasteiger partial charge in [-0.15, -0.1) is 0 Å². The highest BCUT2D eigenvalue weighted by atomic mass is 16.6. The van der Waals surface area contributed by atoms with E-state index >= 15 is 0 Å². The van der Waals surface area contributed by atoms with Gasteiger partial charge in [0.2, 0.25) is 0 Å². The van der Waals surface area contributed by atoms with E-state index in [2.05, 4.69) is 5.10 Å². The van der Waals surface area contributed by atoms with Crippen molar-refractivity contribution in [2.45, 2.75) is 0 Å². The Balaban J connectivity index is 1.79. The molecule has 9 heteroatoms. The number of ether oxygens (including phenoxy) is 2. The minimum Gasteiger partial charge on any atom is -0.493 e. The molecule has 4 rings (SSSR count). The Morgan fingerprint density at radius 3 is 2.07 bits per heavy atom. The average molecular weight is 405 g/mol. The number of benzene rings is 3. The van der Waals surface area contributed by atoms with E-state index in [1.807, 2.05) is 12.1 Å². The summed E-state index contributed by atoms with van der Waals surface area (Å²) >= 11 is 0. The predicted molar refractivity (Wildman–Crippen MR) is 108 cm³/mol. The van der Waals surface area contributed by atoms with E-state index in [9.17, 15) is 19.7 Å². The molecule has 9 nitrogen and oxygen atoms in total. The molecule has 0 fully saturated rings. The third kappa shape index (κ3) is 2.93. The van der Waals surface area contributed by atoms with Crippen LogP contribution in [0.3, 0.4) is 0 Å². The SMILES string of the molecule is COc1cc(/C=N\N2C(=O)c3cccc4cccc(c34)C2=O)c([N+](=O)[O-])cc1OC. The van der Waals surface area contributed by atoms with Crippen LogP contribution in [0.25, 0.3) is 10.8 Å². The first-order valence-corrected chi connectivity index (χ1v) is 8.81. The zero-order valence-corrected chi connectivity index (χ0v) is 16.0. The molecule has 0 N–H and O–H groups in total. The van der Waals surface area contributed by atoms with Gasteiger partial charge in [-0.05, 0) is 23.6 Å². The normalized spacial score (nSPS) is 13.2. The van der Waals surface area contributed by atoms with Crippen molar-refractivity contribution in [3.63, 3.8) is 0 Å². The number of rotatable bonds is 5. The van der Waals surface area contributed by atoms with Gasteiger partial charge in [-0.25, -0.2) is 0 Å². The molecule has 30 heavy (non-hydrogen) atoms. The van der Waals surface area contributed by atoms with E-state index in [-0.39, 0.29) is 22.7 Å². The highest BCUT2D eigenvalue weighted by Crippen LogP contribution is 2.34. The van der Waals surface area contributed by atoms with Crippen LogP contribution in [0.5, 0.6) is 11.5 Å². The van der Waals surface area contributed by atoms with Crippen LogP contribution in [-0.4, -0.2) is 42.2 Å². The van der Waals surface area contributed by atoms with Crippen LogP contribution in [0.15, 0.2) is 53.6 Å². The number of hydrogen-bond donors (Lipinski definition) is 0. The molecule has 3 aromatic carbocycles. The first kappa shape index (κ1) is 19.1. The van der Waals surface area contributed by atoms with Gasteiger partial charge >= 0.3 is 0 Å². The summed E-state index contributed by atoms with van der Waals surface area (Å²) in [6.45, 7) is 0. The monoisotopic (exact) mass is 405 g/mol. The summed E-state index contributed by atoms with van der Waals surface area (Å²) in [4.78, 5) is 36.6. The Morgan fingerprint density at radius 1 is 0.967 bits per heavy atom. The summed E-state index contributed by atoms with van der Waals surface area (Å²) < 4.78 is 10.3. The molecule has 2 amide bonds. The number of hydrazone groups is 1. The summed E-state index contributed by atoms with van der Waals surface area (Å²) in [5, 5.41) is 17.5. The summed E-state index contributed by atoms with van der Waals surface area (Å²) in [5.74, 6) is -0.796. The van der Waals surface area contributed by atoms with Crippen molar-refractivity contribution >= 4 is 34.5 Å². The fourth-order valence-electron chi connectivity index (χ4n) is 3.39. The Hall–Kier alpha value is -4.27. The number of nitro benzene ring substituents is 1. The van der Waals surface area contributed by atoms with E-state index < -0.39 is 16.7 Å². The fourth-order valence-corrected chi connectivity index (χ4v) is 3.39. The first-order valence-electron chi connectivity index (χ1n) is 8.81. The van der Waals surface area contributed by atoms with Gasteiger partial charge in [0.25, 0.3) is 17.5 Å². The van der Waals surface area contributed by atoms with Crippen molar-refractivity contribution in [2.75, 3.05) is 14.2 Å². The molecule has 0 bridgehead atoms. The molecule has 1 aliphatic heterocycles. The van der Waals surface area contributed by atoms with E-state index in [0.717, 1.165) is 11.6 Å². The van der Waals surface area contributed by atoms with Crippen LogP contribution < -0.4 is 9.47 Å². The largest absolute Gasteiger partial charge is 0.493 e. The second kappa shape index (κ2) is 7.28. The van der Waals surface area contributed by atoms with Crippen LogP contribution in [0.4, 0.5) is 5.69 Å². The second-order valence-electron chi connectivity index (χ2n) is 6.40. The number of nitrogens with zero attached hydrogens (tertiary/aromatic N) is 3. The average Bonchev–Trinajstić information content (AvgIpc) is 2.76. The molecule has 0 atom stereocenters. The Labute approximate surface area is 170 Å². The summed E-state index contributed by atoms with van der Waals surface area (Å²) in [7, 11) is 2.75. The second-order valence-corrected chi connectivity index (χ2v) is 6.40. The van der Waals surface area contributed by atoms with E-state index in [0.29, 0.717) is 21.5 Å². The first-order chi connectivity index (χ1) is 14.5. The maximum absolute atomic E-state index is 12.9. The fraction of sp³-hybridized carbons (Fsp3) is 0.0952. The van der Waals surface area contributed by atoms with Gasteiger partial charge < -0.3 is 9.47 Å². The van der Waals surface area contributed by atoms with Gasteiger partial charge in [-0.3, -0.25) is 19.7 Å². The number of carbonyl (C=O) groups is 2. The van der Waals surface area contributed by atoms with Gasteiger partial charge in [0.05, 0.1) is 48.1 Å². The lowest BCUT2D eigenvalue weighted by Gasteiger charge is -2.23. The zero-order chi connectivity index (χ0) is 21.4. The standard InChI is InChI=1S/C21H15N3O6/c1-29-17-9-13(16(24(27)28)10-18(17)30-2)11-22-23-20(25)14-7-3-5-12-6-4-8-15(19(12)14)21(23)26/h3-11H,1-2H3/b22-11-. The maximum atomic E-state index is 12.9. The van der Waals surface area contributed by atoms with Crippen LogP contribution in [0.2, 0.25) is 0 Å². The Morgan fingerprint density at radius 2 is 1.53 bits per heavy atom. The molecule has 0 radical (unpaired) electrons. The van der Waals surface area contributed by atoms with Crippen LogP contribution in [0.1, 0.15) is 26.3 Å². The van der Waals surface area contributed by atoms with Crippen LogP contribution >= 0.6 is 0 Å². The highest BCUT2D eigenvalue weighted by Gasteiger charge is 2.32. The lowest BCUT2D eigenvalue weighted by molar-refractivity contribution is -0.385. The molecular formula is C21H15N3O6. The number of amides is 2. The molecule has 0 spiro atoms. The lowest BCUT2D eigenvalue weighted by Crippen LogP contribution is -2.36. The van der Waals surface area contributed by atoms with Gasteiger partial charge in [0.15, 0.2) is 11.5 Å². The minimum atomic E-state index is -0.612. The molecule has 3 aromatic rings. The van der Waals surface area contributed by atoms with Crippen molar-refractivity contribution in [1.82, 2.24) is 5.01 Å². The van der Waals surface area contributed by atoms with Crippen molar-refractivity contribution in [3.05, 3.63) is 75.3 Å². The molecule has 0 aromatic heterocycles. The molecule has 1 heterocycles. The van der Waals surface area contributed by atoms with Gasteiger partial charge in [-0.1, -0.05) is 24.3 Å². The third-order valence-corrected chi connectivity index (χ3v) is 4.79. The topological polar surface area (TPSA) is 111 Å². The highest BCUT2D eigenvalue weighted by molar-refractivity contribution is 6.25. The van der Waals surface area contributed by atoms with Crippen molar-refractivity contribution in [2.24, 2.45) is 5.10 Å². The molecule has 150 valence electrons. The van der Waals surface area contributed by atoms with Gasteiger partial charge in [0.1, 0.15) is 0 Å². The minimum absolute atomic E-state index is 0.0512. The van der Waals surface area contributed by atoms with E-state index in [1.54, 1.807) is 24.3 Å². The number of methoxy groups -OCH3 is 2. The summed E-state index contributed by atoms with van der Waals surface area (Å²) in [6.07, 6.45) is 1.09. The van der Waals surface area contributed by atoms with Crippen molar-refractivity contribution in [1.29, 1.82) is 0 Å². The smallest absolute Gasteiger partial charge is 0.282 e. The van der Waals surface area contributed by atoms with Gasteiger partial charge in [0, 0.05) is 5.39 Å². The van der Waals surface area contributed by atoms with E-state index in [1.165, 1.54) is 26.4 Å². The van der Waals surface area contributed by atoms with Crippen LogP contribution in [0, 0.1) is 10.1 Å². The summed E-state index contributed by atoms with van der Waals surface area (Å²) in [6, 6.07) is 12.8. The Kier molecular flexibility index (Phi) is 4.63. The summed E-state index contributed by atoms with van der Waals surface area (Å²) in [5.41, 5.74) is 0.412. The number of hydrogen-bond acceptors (Lipinski definition) is 7. The Bertz CT molecular complexity index is 1200. The number of carbonyl (C=O) groups excluding carboxylic acids is 2. The molecular weight excluding hydrogens is 390 g/mol. The molecule has 0 saturated carbocycles. The van der Waals surface area contributed by atoms with E-state index in [4.69, 9.17) is 9.47 Å². The number of nitro groups is 1. The molecule has 0 unspecified atom stereocenters. The molecule has 0 aliphatic carbocycles. The van der Waals surface area contributed by atoms with Crippen molar-refractivity contribution < 1.29 is 24.0 Å². The molecule has 1 aliphatic rings. The number of imide groups is 1. The zero-order valence-electron chi connectivity index (χ0n) is 16.0. The lowest BCUT2D eigenvalue weighted by atomic mass is 9.95. The maximum Gasteiger partial charge on any atom is 0.282 e. The van der Waals surface area contributed by atoms with Gasteiger partial charge in [-0.2, -0.15) is 10.1 Å².